The molecule has 0 heterocycles. The second-order valence-corrected chi connectivity index (χ2v) is 4.86. The molecule has 0 saturated heterocycles. The first-order valence-corrected chi connectivity index (χ1v) is 6.42. The highest BCUT2D eigenvalue weighted by molar-refractivity contribution is 9.10. The van der Waals surface area contributed by atoms with Crippen LogP contribution in [0.1, 0.15) is 24.2 Å². The maximum absolute atomic E-state index is 13.4. The lowest BCUT2D eigenvalue weighted by atomic mass is 10.1. The Morgan fingerprint density at radius 1 is 1.61 bits per heavy atom. The summed E-state index contributed by atoms with van der Waals surface area (Å²) in [5.74, 6) is -0.967. The number of nitriles is 1. The fourth-order valence-corrected chi connectivity index (χ4v) is 1.79. The number of benzene rings is 1. The summed E-state index contributed by atoms with van der Waals surface area (Å²) in [6.07, 6.45) is 0. The molecule has 1 atom stereocenters. The summed E-state index contributed by atoms with van der Waals surface area (Å²) < 4.78 is 13.7. The lowest BCUT2D eigenvalue weighted by Crippen LogP contribution is -2.34. The van der Waals surface area contributed by atoms with Crippen LogP contribution in [0.15, 0.2) is 22.7 Å². The Morgan fingerprint density at radius 2 is 2.28 bits per heavy atom. The Labute approximate surface area is 114 Å². The van der Waals surface area contributed by atoms with Crippen molar-refractivity contribution in [1.29, 1.82) is 5.26 Å². The van der Waals surface area contributed by atoms with Crippen LogP contribution in [-0.2, 0) is 0 Å². The van der Waals surface area contributed by atoms with Gasteiger partial charge in [0, 0.05) is 18.7 Å². The topological polar surface area (TPSA) is 44.1 Å². The van der Waals surface area contributed by atoms with Gasteiger partial charge in [-0.25, -0.2) is 4.39 Å². The highest BCUT2D eigenvalue weighted by atomic mass is 79.9. The number of nitrogens with zero attached hydrogens (tertiary/aromatic N) is 2. The molecule has 0 radical (unpaired) electrons. The Bertz CT molecular complexity index is 484. The standard InChI is InChI=1S/C13H14BrFN2O/c1-3-17(8-9(2)7-16)13(18)10-4-5-11(14)12(15)6-10/h4-6,9H,3,8H2,1-2H3. The lowest BCUT2D eigenvalue weighted by molar-refractivity contribution is 0.0752. The predicted molar refractivity (Wildman–Crippen MR) is 70.5 cm³/mol. The van der Waals surface area contributed by atoms with Gasteiger partial charge in [0.25, 0.3) is 5.91 Å². The third-order valence-electron chi connectivity index (χ3n) is 2.55. The average molecular weight is 313 g/mol. The van der Waals surface area contributed by atoms with Gasteiger partial charge in [0.05, 0.1) is 16.5 Å². The van der Waals surface area contributed by atoms with E-state index in [4.69, 9.17) is 5.26 Å². The summed E-state index contributed by atoms with van der Waals surface area (Å²) in [6, 6.07) is 6.35. The molecule has 1 rings (SSSR count). The molecule has 18 heavy (non-hydrogen) atoms. The van der Waals surface area contributed by atoms with Crippen molar-refractivity contribution in [2.75, 3.05) is 13.1 Å². The van der Waals surface area contributed by atoms with E-state index in [1.54, 1.807) is 13.0 Å². The van der Waals surface area contributed by atoms with E-state index < -0.39 is 5.82 Å². The van der Waals surface area contributed by atoms with Gasteiger partial charge in [0.1, 0.15) is 5.82 Å². The van der Waals surface area contributed by atoms with Crippen LogP contribution in [0.4, 0.5) is 4.39 Å². The molecule has 1 aromatic rings. The number of carbonyl (C=O) groups excluding carboxylic acids is 1. The van der Waals surface area contributed by atoms with Crippen molar-refractivity contribution in [3.8, 4) is 6.07 Å². The van der Waals surface area contributed by atoms with E-state index in [1.165, 1.54) is 17.0 Å². The van der Waals surface area contributed by atoms with Crippen LogP contribution in [0.25, 0.3) is 0 Å². The highest BCUT2D eigenvalue weighted by Crippen LogP contribution is 2.17. The molecule has 0 fully saturated rings. The Kier molecular flexibility index (Phi) is 5.29. The maximum Gasteiger partial charge on any atom is 0.253 e. The average Bonchev–Trinajstić information content (AvgIpc) is 2.38. The molecular weight excluding hydrogens is 299 g/mol. The van der Waals surface area contributed by atoms with Gasteiger partial charge in [-0.2, -0.15) is 5.26 Å². The van der Waals surface area contributed by atoms with Crippen molar-refractivity contribution in [2.24, 2.45) is 5.92 Å². The third-order valence-corrected chi connectivity index (χ3v) is 3.19. The molecule has 3 nitrogen and oxygen atoms in total. The van der Waals surface area contributed by atoms with E-state index in [-0.39, 0.29) is 11.8 Å². The fourth-order valence-electron chi connectivity index (χ4n) is 1.54. The van der Waals surface area contributed by atoms with Gasteiger partial charge in [-0.3, -0.25) is 4.79 Å². The molecule has 0 aliphatic carbocycles. The van der Waals surface area contributed by atoms with Crippen molar-refractivity contribution in [2.45, 2.75) is 13.8 Å². The number of hydrogen-bond acceptors (Lipinski definition) is 2. The molecule has 0 N–H and O–H groups in total. The normalized spacial score (nSPS) is 11.7. The van der Waals surface area contributed by atoms with E-state index in [1.807, 2.05) is 6.92 Å². The van der Waals surface area contributed by atoms with Crippen LogP contribution < -0.4 is 0 Å². The van der Waals surface area contributed by atoms with E-state index in [0.717, 1.165) is 0 Å². The zero-order chi connectivity index (χ0) is 13.7. The Hall–Kier alpha value is -1.41. The summed E-state index contributed by atoms with van der Waals surface area (Å²) >= 11 is 3.04. The summed E-state index contributed by atoms with van der Waals surface area (Å²) in [4.78, 5) is 13.7. The molecular formula is C13H14BrFN2O. The minimum Gasteiger partial charge on any atom is -0.338 e. The zero-order valence-corrected chi connectivity index (χ0v) is 11.9. The first-order chi connectivity index (χ1) is 8.49. The minimum atomic E-state index is -0.467. The summed E-state index contributed by atoms with van der Waals surface area (Å²) in [5, 5.41) is 8.76. The zero-order valence-electron chi connectivity index (χ0n) is 10.3. The number of amides is 1. The van der Waals surface area contributed by atoms with Crippen LogP contribution in [0.5, 0.6) is 0 Å². The molecule has 0 saturated carbocycles. The SMILES string of the molecule is CCN(CC(C)C#N)C(=O)c1ccc(Br)c(F)c1. The van der Waals surface area contributed by atoms with Gasteiger partial charge >= 0.3 is 0 Å². The van der Waals surface area contributed by atoms with Crippen LogP contribution in [-0.4, -0.2) is 23.9 Å². The van der Waals surface area contributed by atoms with Gasteiger partial charge in [0.15, 0.2) is 0 Å². The molecule has 0 aliphatic heterocycles. The van der Waals surface area contributed by atoms with Crippen LogP contribution >= 0.6 is 15.9 Å². The predicted octanol–water partition coefficient (Wildman–Crippen LogP) is 3.21. The molecule has 0 bridgehead atoms. The van der Waals surface area contributed by atoms with E-state index >= 15 is 0 Å². The van der Waals surface area contributed by atoms with Gasteiger partial charge in [-0.05, 0) is 48.0 Å². The fraction of sp³-hybridized carbons (Fsp3) is 0.385. The van der Waals surface area contributed by atoms with E-state index in [9.17, 15) is 9.18 Å². The molecule has 96 valence electrons. The second kappa shape index (κ2) is 6.50. The molecule has 5 heteroatoms. The number of rotatable bonds is 4. The number of hydrogen-bond donors (Lipinski definition) is 0. The second-order valence-electron chi connectivity index (χ2n) is 4.00. The van der Waals surface area contributed by atoms with Gasteiger partial charge < -0.3 is 4.90 Å². The molecule has 0 spiro atoms. The van der Waals surface area contributed by atoms with Crippen molar-refractivity contribution < 1.29 is 9.18 Å². The first-order valence-electron chi connectivity index (χ1n) is 5.63. The number of carbonyl (C=O) groups is 1. The summed E-state index contributed by atoms with van der Waals surface area (Å²) in [5.41, 5.74) is 0.294. The van der Waals surface area contributed by atoms with Gasteiger partial charge in [-0.1, -0.05) is 0 Å². The van der Waals surface area contributed by atoms with Crippen LogP contribution in [0, 0.1) is 23.1 Å². The van der Waals surface area contributed by atoms with E-state index in [0.29, 0.717) is 23.1 Å². The Morgan fingerprint density at radius 3 is 2.78 bits per heavy atom. The summed E-state index contributed by atoms with van der Waals surface area (Å²) in [6.45, 7) is 4.42. The van der Waals surface area contributed by atoms with Crippen molar-refractivity contribution in [3.05, 3.63) is 34.1 Å². The van der Waals surface area contributed by atoms with E-state index in [2.05, 4.69) is 22.0 Å². The van der Waals surface area contributed by atoms with Crippen molar-refractivity contribution in [1.82, 2.24) is 4.90 Å². The number of halogens is 2. The molecule has 0 aromatic heterocycles. The minimum absolute atomic E-state index is 0.241. The first kappa shape index (κ1) is 14.7. The molecule has 1 amide bonds. The smallest absolute Gasteiger partial charge is 0.253 e. The monoisotopic (exact) mass is 312 g/mol. The largest absolute Gasteiger partial charge is 0.338 e. The maximum atomic E-state index is 13.4. The lowest BCUT2D eigenvalue weighted by Gasteiger charge is -2.22. The molecule has 1 unspecified atom stereocenters. The van der Waals surface area contributed by atoms with Crippen molar-refractivity contribution in [3.63, 3.8) is 0 Å². The molecule has 0 aliphatic rings. The van der Waals surface area contributed by atoms with Crippen LogP contribution in [0.2, 0.25) is 0 Å². The van der Waals surface area contributed by atoms with Gasteiger partial charge in [0.2, 0.25) is 0 Å². The molecule has 1 aromatic carbocycles. The quantitative estimate of drug-likeness (QED) is 0.857. The van der Waals surface area contributed by atoms with Gasteiger partial charge in [-0.15, -0.1) is 0 Å². The van der Waals surface area contributed by atoms with Crippen LogP contribution in [0.3, 0.4) is 0 Å². The van der Waals surface area contributed by atoms with Crippen molar-refractivity contribution >= 4 is 21.8 Å². The summed E-state index contributed by atoms with van der Waals surface area (Å²) in [7, 11) is 0. The Balaban J connectivity index is 2.90. The highest BCUT2D eigenvalue weighted by Gasteiger charge is 2.17. The third kappa shape index (κ3) is 3.54.